The lowest BCUT2D eigenvalue weighted by molar-refractivity contribution is -0.192. The van der Waals surface area contributed by atoms with E-state index in [1.165, 1.54) is 11.8 Å². The van der Waals surface area contributed by atoms with Gasteiger partial charge in [-0.15, -0.1) is 0 Å². The summed E-state index contributed by atoms with van der Waals surface area (Å²) in [5, 5.41) is 14.6. The Kier molecular flexibility index (Phi) is 7.39. The van der Waals surface area contributed by atoms with Crippen molar-refractivity contribution in [3.63, 3.8) is 0 Å². The van der Waals surface area contributed by atoms with E-state index in [2.05, 4.69) is 27.0 Å². The van der Waals surface area contributed by atoms with Gasteiger partial charge in [0.25, 0.3) is 5.91 Å². The average Bonchev–Trinajstić information content (AvgIpc) is 3.45. The molecule has 2 atom stereocenters. The normalized spacial score (nSPS) is 23.9. The van der Waals surface area contributed by atoms with Crippen LogP contribution in [0.3, 0.4) is 0 Å². The highest BCUT2D eigenvalue weighted by molar-refractivity contribution is 7.07. The third-order valence-electron chi connectivity index (χ3n) is 5.20. The van der Waals surface area contributed by atoms with E-state index >= 15 is 0 Å². The standard InChI is InChI=1S/C18H22N2O3S.C2HF3O2/c21-17(16-2-1-7-22-16)19-15-3-8-23-18(10-15)5-6-20(13-18)11-14-4-9-24-12-14;3-2(4,5)1(6)7/h1-2,4,7,9,12,15H,3,5-6,8,10-11,13H2,(H,19,21);(H,6,7)/t15-,18-;/m1./s1. The van der Waals surface area contributed by atoms with E-state index in [1.807, 2.05) is 0 Å². The molecule has 0 unspecified atom stereocenters. The highest BCUT2D eigenvalue weighted by atomic mass is 32.1. The fraction of sp³-hybridized carbons (Fsp3) is 0.500. The number of ether oxygens (including phenoxy) is 1. The first kappa shape index (κ1) is 23.3. The van der Waals surface area contributed by atoms with Gasteiger partial charge in [0.1, 0.15) is 0 Å². The third kappa shape index (κ3) is 6.55. The Balaban J connectivity index is 0.000000339. The molecule has 2 aromatic rings. The Bertz CT molecular complexity index is 857. The number of carboxylic acid groups (broad SMARTS) is 1. The molecule has 0 aliphatic carbocycles. The zero-order chi connectivity index (χ0) is 22.5. The number of hydrogen-bond donors (Lipinski definition) is 2. The van der Waals surface area contributed by atoms with Crippen LogP contribution in [0.25, 0.3) is 0 Å². The second-order valence-electron chi connectivity index (χ2n) is 7.57. The largest absolute Gasteiger partial charge is 0.490 e. The number of carboxylic acids is 1. The third-order valence-corrected chi connectivity index (χ3v) is 5.93. The number of amides is 1. The van der Waals surface area contributed by atoms with Crippen molar-refractivity contribution in [3.8, 4) is 0 Å². The molecule has 11 heteroatoms. The summed E-state index contributed by atoms with van der Waals surface area (Å²) < 4.78 is 43.1. The van der Waals surface area contributed by atoms with E-state index in [0.29, 0.717) is 12.4 Å². The van der Waals surface area contributed by atoms with Gasteiger partial charge in [0, 0.05) is 32.3 Å². The molecule has 1 spiro atoms. The van der Waals surface area contributed by atoms with Gasteiger partial charge in [0.2, 0.25) is 0 Å². The molecule has 2 aliphatic heterocycles. The Morgan fingerprint density at radius 3 is 2.74 bits per heavy atom. The van der Waals surface area contributed by atoms with Crippen molar-refractivity contribution in [1.29, 1.82) is 0 Å². The number of thiophene rings is 1. The first-order chi connectivity index (χ1) is 14.7. The molecular weight excluding hydrogens is 437 g/mol. The molecule has 170 valence electrons. The minimum atomic E-state index is -5.08. The average molecular weight is 460 g/mol. The molecule has 0 radical (unpaired) electrons. The van der Waals surface area contributed by atoms with Gasteiger partial charge in [0.05, 0.1) is 11.9 Å². The molecule has 2 N–H and O–H groups in total. The minimum Gasteiger partial charge on any atom is -0.475 e. The zero-order valence-electron chi connectivity index (χ0n) is 16.6. The molecule has 4 rings (SSSR count). The first-order valence-corrected chi connectivity index (χ1v) is 10.6. The number of hydrogen-bond acceptors (Lipinski definition) is 6. The smallest absolute Gasteiger partial charge is 0.475 e. The van der Waals surface area contributed by atoms with E-state index in [0.717, 1.165) is 38.9 Å². The quantitative estimate of drug-likeness (QED) is 0.726. The maximum Gasteiger partial charge on any atom is 0.490 e. The zero-order valence-corrected chi connectivity index (χ0v) is 17.4. The van der Waals surface area contributed by atoms with E-state index in [-0.39, 0.29) is 17.6 Å². The van der Waals surface area contributed by atoms with Gasteiger partial charge in [-0.05, 0) is 53.8 Å². The van der Waals surface area contributed by atoms with Crippen LogP contribution in [0.15, 0.2) is 39.6 Å². The predicted octanol–water partition coefficient (Wildman–Crippen LogP) is 3.53. The maximum atomic E-state index is 12.2. The molecule has 2 aromatic heterocycles. The Labute approximate surface area is 180 Å². The SMILES string of the molecule is O=C(N[C@@H]1CCO[C@]2(CCN(Cc3ccsc3)C2)C1)c1ccco1.O=C(O)C(F)(F)F. The molecule has 0 saturated carbocycles. The van der Waals surface area contributed by atoms with Crippen LogP contribution in [0.2, 0.25) is 0 Å². The highest BCUT2D eigenvalue weighted by Gasteiger charge is 2.43. The number of alkyl halides is 3. The van der Waals surface area contributed by atoms with E-state index in [4.69, 9.17) is 19.1 Å². The maximum absolute atomic E-state index is 12.2. The number of furan rings is 1. The Morgan fingerprint density at radius 2 is 2.13 bits per heavy atom. The molecule has 0 bridgehead atoms. The number of rotatable bonds is 4. The lowest BCUT2D eigenvalue weighted by Crippen LogP contribution is -2.49. The molecule has 1 amide bonds. The molecule has 2 fully saturated rings. The summed E-state index contributed by atoms with van der Waals surface area (Å²) >= 11 is 1.74. The summed E-state index contributed by atoms with van der Waals surface area (Å²) in [6, 6.07) is 5.77. The van der Waals surface area contributed by atoms with Crippen molar-refractivity contribution in [2.45, 2.75) is 43.6 Å². The first-order valence-electron chi connectivity index (χ1n) is 9.69. The molecule has 2 aliphatic rings. The summed E-state index contributed by atoms with van der Waals surface area (Å²) in [5.74, 6) is -2.51. The van der Waals surface area contributed by atoms with Crippen molar-refractivity contribution in [2.75, 3.05) is 19.7 Å². The summed E-state index contributed by atoms with van der Waals surface area (Å²) in [4.78, 5) is 23.6. The van der Waals surface area contributed by atoms with E-state index < -0.39 is 12.1 Å². The van der Waals surface area contributed by atoms with Crippen LogP contribution in [-0.2, 0) is 16.1 Å². The molecule has 0 aromatic carbocycles. The van der Waals surface area contributed by atoms with Crippen LogP contribution in [0.1, 0.15) is 35.4 Å². The van der Waals surface area contributed by atoms with Gasteiger partial charge in [0.15, 0.2) is 5.76 Å². The van der Waals surface area contributed by atoms with Crippen molar-refractivity contribution in [1.82, 2.24) is 10.2 Å². The van der Waals surface area contributed by atoms with Gasteiger partial charge < -0.3 is 19.6 Å². The fourth-order valence-corrected chi connectivity index (χ4v) is 4.46. The van der Waals surface area contributed by atoms with Crippen LogP contribution in [0.5, 0.6) is 0 Å². The van der Waals surface area contributed by atoms with Crippen LogP contribution in [0.4, 0.5) is 13.2 Å². The van der Waals surface area contributed by atoms with Crippen LogP contribution in [-0.4, -0.2) is 59.4 Å². The lowest BCUT2D eigenvalue weighted by Gasteiger charge is -2.38. The van der Waals surface area contributed by atoms with Crippen molar-refractivity contribution in [3.05, 3.63) is 46.5 Å². The second kappa shape index (κ2) is 9.84. The van der Waals surface area contributed by atoms with Crippen molar-refractivity contribution in [2.24, 2.45) is 0 Å². The summed E-state index contributed by atoms with van der Waals surface area (Å²) in [6.07, 6.45) is -0.789. The number of carbonyl (C=O) groups excluding carboxylic acids is 1. The molecule has 2 saturated heterocycles. The van der Waals surface area contributed by atoms with Gasteiger partial charge in [-0.1, -0.05) is 0 Å². The van der Waals surface area contributed by atoms with E-state index in [9.17, 15) is 18.0 Å². The number of likely N-dealkylation sites (tertiary alicyclic amines) is 1. The molecule has 31 heavy (non-hydrogen) atoms. The fourth-order valence-electron chi connectivity index (χ4n) is 3.80. The molecule has 7 nitrogen and oxygen atoms in total. The molecule has 4 heterocycles. The number of carbonyl (C=O) groups is 2. The van der Waals surface area contributed by atoms with Crippen LogP contribution >= 0.6 is 11.3 Å². The van der Waals surface area contributed by atoms with Crippen molar-refractivity contribution < 1.29 is 37.0 Å². The van der Waals surface area contributed by atoms with Crippen molar-refractivity contribution >= 4 is 23.2 Å². The van der Waals surface area contributed by atoms with E-state index in [1.54, 1.807) is 23.5 Å². The van der Waals surface area contributed by atoms with Crippen LogP contribution < -0.4 is 5.32 Å². The monoisotopic (exact) mass is 460 g/mol. The topological polar surface area (TPSA) is 92.0 Å². The highest BCUT2D eigenvalue weighted by Crippen LogP contribution is 2.35. The molecular formula is C20H23F3N2O5S. The number of nitrogens with one attached hydrogen (secondary N) is 1. The minimum absolute atomic E-state index is 0.116. The number of nitrogens with zero attached hydrogens (tertiary/aromatic N) is 1. The summed E-state index contributed by atoms with van der Waals surface area (Å²) in [7, 11) is 0. The van der Waals surface area contributed by atoms with Crippen LogP contribution in [0, 0.1) is 0 Å². The second-order valence-corrected chi connectivity index (χ2v) is 8.35. The number of aliphatic carboxylic acids is 1. The lowest BCUT2D eigenvalue weighted by atomic mass is 9.89. The Morgan fingerprint density at radius 1 is 1.35 bits per heavy atom. The van der Waals surface area contributed by atoms with Gasteiger partial charge >= 0.3 is 12.1 Å². The predicted molar refractivity (Wildman–Crippen MR) is 106 cm³/mol. The van der Waals surface area contributed by atoms with Gasteiger partial charge in [-0.3, -0.25) is 9.69 Å². The van der Waals surface area contributed by atoms with Gasteiger partial charge in [-0.2, -0.15) is 24.5 Å². The Hall–Kier alpha value is -2.37. The van der Waals surface area contributed by atoms with Gasteiger partial charge in [-0.25, -0.2) is 4.79 Å². The number of halogens is 3. The summed E-state index contributed by atoms with van der Waals surface area (Å²) in [6.45, 7) is 3.68. The summed E-state index contributed by atoms with van der Waals surface area (Å²) in [5.41, 5.74) is 1.26.